The quantitative estimate of drug-likeness (QED) is 0.246. The van der Waals surface area contributed by atoms with Crippen molar-refractivity contribution in [3.63, 3.8) is 0 Å². The van der Waals surface area contributed by atoms with Crippen LogP contribution in [0.3, 0.4) is 0 Å². The number of carbonyl (C=O) groups excluding carboxylic acids is 2. The van der Waals surface area contributed by atoms with Gasteiger partial charge in [-0.2, -0.15) is 9.97 Å². The van der Waals surface area contributed by atoms with E-state index in [0.717, 1.165) is 11.6 Å². The van der Waals surface area contributed by atoms with Gasteiger partial charge < -0.3 is 29.6 Å². The lowest BCUT2D eigenvalue weighted by Crippen LogP contribution is -2.37. The average Bonchev–Trinajstić information content (AvgIpc) is 3.65. The van der Waals surface area contributed by atoms with Crippen molar-refractivity contribution in [3.8, 4) is 28.5 Å². The molecule has 13 heteroatoms. The Morgan fingerprint density at radius 1 is 1.02 bits per heavy atom. The molecule has 0 aliphatic rings. The van der Waals surface area contributed by atoms with E-state index in [1.165, 1.54) is 12.1 Å². The SMILES string of the molecule is CCc1nc(-c2ccc(OC(CC)c3nc(-c4ccc(C(=O)N[C@@H](C)COC(=O)CN)c(F)c4)no3)cc2)no1. The molecule has 40 heavy (non-hydrogen) atoms. The summed E-state index contributed by atoms with van der Waals surface area (Å²) in [7, 11) is 0. The number of ether oxygens (including phenoxy) is 2. The predicted molar refractivity (Wildman–Crippen MR) is 139 cm³/mol. The number of aromatic nitrogens is 4. The van der Waals surface area contributed by atoms with Gasteiger partial charge >= 0.3 is 5.97 Å². The summed E-state index contributed by atoms with van der Waals surface area (Å²) in [6.07, 6.45) is 0.633. The smallest absolute Gasteiger partial charge is 0.319 e. The maximum atomic E-state index is 14.8. The van der Waals surface area contributed by atoms with Gasteiger partial charge in [0.05, 0.1) is 18.2 Å². The molecular formula is C27H29FN6O6. The van der Waals surface area contributed by atoms with E-state index in [4.69, 9.17) is 24.3 Å². The fourth-order valence-corrected chi connectivity index (χ4v) is 3.61. The van der Waals surface area contributed by atoms with Crippen molar-refractivity contribution in [2.45, 2.75) is 45.8 Å². The summed E-state index contributed by atoms with van der Waals surface area (Å²) in [5.41, 5.74) is 6.10. The number of nitrogens with two attached hydrogens (primary N) is 1. The summed E-state index contributed by atoms with van der Waals surface area (Å²) in [4.78, 5) is 32.3. The van der Waals surface area contributed by atoms with E-state index in [0.29, 0.717) is 35.9 Å². The third-order valence-corrected chi connectivity index (χ3v) is 5.76. The molecule has 0 spiro atoms. The molecule has 2 aromatic heterocycles. The highest BCUT2D eigenvalue weighted by molar-refractivity contribution is 5.95. The molecule has 0 saturated carbocycles. The molecule has 210 valence electrons. The largest absolute Gasteiger partial charge is 0.481 e. The highest BCUT2D eigenvalue weighted by atomic mass is 19.1. The van der Waals surface area contributed by atoms with Gasteiger partial charge in [-0.15, -0.1) is 0 Å². The van der Waals surface area contributed by atoms with Crippen LogP contribution in [0.1, 0.15) is 55.4 Å². The van der Waals surface area contributed by atoms with E-state index in [2.05, 4.69) is 25.6 Å². The van der Waals surface area contributed by atoms with Crippen LogP contribution >= 0.6 is 0 Å². The van der Waals surface area contributed by atoms with Crippen LogP contribution in [0.4, 0.5) is 4.39 Å². The molecule has 2 atom stereocenters. The number of hydrogen-bond acceptors (Lipinski definition) is 11. The molecule has 0 aliphatic carbocycles. The van der Waals surface area contributed by atoms with Gasteiger partial charge in [0.25, 0.3) is 11.8 Å². The van der Waals surface area contributed by atoms with Crippen LogP contribution in [0.2, 0.25) is 0 Å². The molecule has 4 rings (SSSR count). The first-order chi connectivity index (χ1) is 19.3. The molecule has 2 aromatic carbocycles. The van der Waals surface area contributed by atoms with E-state index < -0.39 is 29.8 Å². The van der Waals surface area contributed by atoms with Crippen LogP contribution < -0.4 is 15.8 Å². The first-order valence-corrected chi connectivity index (χ1v) is 12.7. The highest BCUT2D eigenvalue weighted by Gasteiger charge is 2.22. The standard InChI is InChI=1S/C27H29FN6O6/c1-4-21(38-18-9-6-16(7-10-18)24-31-22(5-2)39-33-24)27-32-25(34-40-27)17-8-11-19(20(28)12-17)26(36)30-15(3)14-37-23(35)13-29/h6-12,15,21H,4-5,13-14,29H2,1-3H3,(H,30,36)/t15-,21?/m0/s1. The predicted octanol–water partition coefficient (Wildman–Crippen LogP) is 3.64. The number of aryl methyl sites for hydroxylation is 1. The fraction of sp³-hybridized carbons (Fsp3) is 0.333. The van der Waals surface area contributed by atoms with Gasteiger partial charge in [0.15, 0.2) is 6.10 Å². The van der Waals surface area contributed by atoms with Gasteiger partial charge in [0, 0.05) is 17.5 Å². The summed E-state index contributed by atoms with van der Waals surface area (Å²) in [6, 6.07) is 10.6. The lowest BCUT2D eigenvalue weighted by Gasteiger charge is -2.14. The van der Waals surface area contributed by atoms with Crippen molar-refractivity contribution < 1.29 is 32.5 Å². The molecule has 2 heterocycles. The Labute approximate surface area is 229 Å². The van der Waals surface area contributed by atoms with Crippen molar-refractivity contribution in [3.05, 3.63) is 65.6 Å². The van der Waals surface area contributed by atoms with Crippen LogP contribution in [0.25, 0.3) is 22.8 Å². The second-order valence-electron chi connectivity index (χ2n) is 8.82. The Balaban J connectivity index is 1.40. The molecule has 12 nitrogen and oxygen atoms in total. The van der Waals surface area contributed by atoms with E-state index in [-0.39, 0.29) is 30.4 Å². The Bertz CT molecular complexity index is 1450. The minimum atomic E-state index is -0.774. The van der Waals surface area contributed by atoms with Gasteiger partial charge in [-0.1, -0.05) is 30.2 Å². The normalized spacial score (nSPS) is 12.5. The Kier molecular flexibility index (Phi) is 9.17. The van der Waals surface area contributed by atoms with Crippen molar-refractivity contribution in [1.29, 1.82) is 0 Å². The van der Waals surface area contributed by atoms with Crippen molar-refractivity contribution in [1.82, 2.24) is 25.6 Å². The number of carbonyl (C=O) groups is 2. The maximum Gasteiger partial charge on any atom is 0.319 e. The Morgan fingerprint density at radius 3 is 2.38 bits per heavy atom. The summed E-state index contributed by atoms with van der Waals surface area (Å²) in [6.45, 7) is 5.10. The minimum absolute atomic E-state index is 0.0868. The zero-order chi connectivity index (χ0) is 28.6. The second-order valence-corrected chi connectivity index (χ2v) is 8.82. The van der Waals surface area contributed by atoms with Crippen LogP contribution in [0.5, 0.6) is 5.75 Å². The minimum Gasteiger partial charge on any atom is -0.481 e. The lowest BCUT2D eigenvalue weighted by atomic mass is 10.1. The summed E-state index contributed by atoms with van der Waals surface area (Å²) in [5, 5.41) is 10.5. The summed E-state index contributed by atoms with van der Waals surface area (Å²) in [5.74, 6) is -0.0503. The zero-order valence-corrected chi connectivity index (χ0v) is 22.2. The van der Waals surface area contributed by atoms with Gasteiger partial charge in [-0.25, -0.2) is 4.39 Å². The number of halogens is 1. The zero-order valence-electron chi connectivity index (χ0n) is 22.2. The van der Waals surface area contributed by atoms with Crippen LogP contribution in [0.15, 0.2) is 51.5 Å². The van der Waals surface area contributed by atoms with E-state index in [1.807, 2.05) is 26.0 Å². The van der Waals surface area contributed by atoms with E-state index >= 15 is 0 Å². The number of nitrogens with one attached hydrogen (secondary N) is 1. The molecule has 1 amide bonds. The average molecular weight is 553 g/mol. The number of esters is 1. The lowest BCUT2D eigenvalue weighted by molar-refractivity contribution is -0.142. The molecule has 0 saturated heterocycles. The molecule has 0 bridgehead atoms. The van der Waals surface area contributed by atoms with Crippen molar-refractivity contribution in [2.75, 3.05) is 13.2 Å². The summed E-state index contributed by atoms with van der Waals surface area (Å²) >= 11 is 0. The van der Waals surface area contributed by atoms with E-state index in [9.17, 15) is 14.0 Å². The fourth-order valence-electron chi connectivity index (χ4n) is 3.61. The molecule has 0 aliphatic heterocycles. The highest BCUT2D eigenvalue weighted by Crippen LogP contribution is 2.28. The first kappa shape index (κ1) is 28.4. The van der Waals surface area contributed by atoms with Gasteiger partial charge in [0.1, 0.15) is 18.2 Å². The number of amides is 1. The molecule has 3 N–H and O–H groups in total. The number of nitrogens with zero attached hydrogens (tertiary/aromatic N) is 4. The second kappa shape index (κ2) is 12.9. The van der Waals surface area contributed by atoms with Crippen LogP contribution in [0, 0.1) is 5.82 Å². The van der Waals surface area contributed by atoms with Crippen molar-refractivity contribution in [2.24, 2.45) is 5.73 Å². The maximum absolute atomic E-state index is 14.8. The first-order valence-electron chi connectivity index (χ1n) is 12.7. The van der Waals surface area contributed by atoms with Gasteiger partial charge in [-0.3, -0.25) is 9.59 Å². The molecule has 0 radical (unpaired) electrons. The Hall–Kier alpha value is -4.65. The van der Waals surface area contributed by atoms with E-state index in [1.54, 1.807) is 19.1 Å². The third kappa shape index (κ3) is 6.86. The monoisotopic (exact) mass is 552 g/mol. The van der Waals surface area contributed by atoms with Crippen LogP contribution in [-0.4, -0.2) is 51.4 Å². The summed E-state index contributed by atoms with van der Waals surface area (Å²) < 4.78 is 36.3. The van der Waals surface area contributed by atoms with Gasteiger partial charge in [0.2, 0.25) is 17.5 Å². The number of hydrogen-bond donors (Lipinski definition) is 2. The van der Waals surface area contributed by atoms with Crippen LogP contribution in [-0.2, 0) is 16.0 Å². The number of benzene rings is 2. The molecule has 0 fully saturated rings. The Morgan fingerprint density at radius 2 is 1.73 bits per heavy atom. The topological polar surface area (TPSA) is 168 Å². The van der Waals surface area contributed by atoms with Crippen molar-refractivity contribution >= 4 is 11.9 Å². The van der Waals surface area contributed by atoms with Gasteiger partial charge in [-0.05, 0) is 49.7 Å². The molecular weight excluding hydrogens is 523 g/mol. The molecule has 4 aromatic rings. The number of rotatable bonds is 12. The molecule has 1 unspecified atom stereocenters. The third-order valence-electron chi connectivity index (χ3n) is 5.76.